The van der Waals surface area contributed by atoms with Crippen LogP contribution in [0.25, 0.3) is 11.0 Å². The van der Waals surface area contributed by atoms with Crippen molar-refractivity contribution in [3.8, 4) is 11.8 Å². The van der Waals surface area contributed by atoms with Crippen LogP contribution >= 0.6 is 0 Å². The summed E-state index contributed by atoms with van der Waals surface area (Å²) in [5, 5.41) is 0. The van der Waals surface area contributed by atoms with Crippen molar-refractivity contribution in [1.29, 1.82) is 0 Å². The number of aromatic amines is 1. The molecule has 5 heteroatoms. The first-order chi connectivity index (χ1) is 8.70. The number of halogens is 1. The summed E-state index contributed by atoms with van der Waals surface area (Å²) in [6.45, 7) is 0. The monoisotopic (exact) mass is 243 g/mol. The van der Waals surface area contributed by atoms with Crippen molar-refractivity contribution in [2.45, 2.75) is 0 Å². The highest BCUT2D eigenvalue weighted by atomic mass is 19.1. The van der Waals surface area contributed by atoms with Gasteiger partial charge in [0.25, 0.3) is 6.01 Å². The Balaban J connectivity index is 1.92. The number of rotatable bonds is 2. The number of benzene rings is 2. The fraction of sp³-hybridized carbons (Fsp3) is 0. The zero-order valence-electron chi connectivity index (χ0n) is 9.35. The fourth-order valence-corrected chi connectivity index (χ4v) is 1.65. The molecule has 0 bridgehead atoms. The smallest absolute Gasteiger partial charge is 0.300 e. The van der Waals surface area contributed by atoms with Gasteiger partial charge in [-0.2, -0.15) is 4.98 Å². The Kier molecular flexibility index (Phi) is 2.37. The van der Waals surface area contributed by atoms with E-state index in [1.54, 1.807) is 30.3 Å². The first kappa shape index (κ1) is 10.6. The van der Waals surface area contributed by atoms with E-state index in [0.29, 0.717) is 28.5 Å². The molecule has 0 unspecified atom stereocenters. The molecule has 4 nitrogen and oxygen atoms in total. The van der Waals surface area contributed by atoms with Crippen LogP contribution in [0.3, 0.4) is 0 Å². The van der Waals surface area contributed by atoms with Crippen LogP contribution in [-0.4, -0.2) is 9.97 Å². The largest absolute Gasteiger partial charge is 0.426 e. The lowest BCUT2D eigenvalue weighted by Gasteiger charge is -2.01. The number of nitrogens with one attached hydrogen (secondary N) is 1. The van der Waals surface area contributed by atoms with Gasteiger partial charge in [-0.15, -0.1) is 0 Å². The topological polar surface area (TPSA) is 63.9 Å². The maximum Gasteiger partial charge on any atom is 0.300 e. The molecular weight excluding hydrogens is 233 g/mol. The van der Waals surface area contributed by atoms with E-state index in [4.69, 9.17) is 10.5 Å². The third kappa shape index (κ3) is 1.98. The molecule has 0 aliphatic heterocycles. The minimum absolute atomic E-state index is 0.315. The maximum absolute atomic E-state index is 13.0. The van der Waals surface area contributed by atoms with Crippen LogP contribution in [0.15, 0.2) is 42.5 Å². The van der Waals surface area contributed by atoms with Crippen LogP contribution in [0.2, 0.25) is 0 Å². The van der Waals surface area contributed by atoms with Gasteiger partial charge in [-0.3, -0.25) is 0 Å². The van der Waals surface area contributed by atoms with Crippen molar-refractivity contribution in [1.82, 2.24) is 9.97 Å². The minimum Gasteiger partial charge on any atom is -0.426 e. The summed E-state index contributed by atoms with van der Waals surface area (Å²) in [6, 6.07) is 11.6. The summed E-state index contributed by atoms with van der Waals surface area (Å²) in [4.78, 5) is 7.09. The highest BCUT2D eigenvalue weighted by Gasteiger charge is 2.05. The zero-order valence-corrected chi connectivity index (χ0v) is 9.35. The molecule has 18 heavy (non-hydrogen) atoms. The fourth-order valence-electron chi connectivity index (χ4n) is 1.65. The summed E-state index contributed by atoms with van der Waals surface area (Å²) < 4.78 is 18.5. The number of ether oxygens (including phenoxy) is 1. The molecule has 3 N–H and O–H groups in total. The minimum atomic E-state index is -0.315. The predicted octanol–water partition coefficient (Wildman–Crippen LogP) is 3.08. The molecule has 0 saturated carbocycles. The van der Waals surface area contributed by atoms with E-state index >= 15 is 0 Å². The first-order valence-electron chi connectivity index (χ1n) is 5.39. The number of hydrogen-bond acceptors (Lipinski definition) is 3. The van der Waals surface area contributed by atoms with Gasteiger partial charge in [0.15, 0.2) is 0 Å². The van der Waals surface area contributed by atoms with Crippen molar-refractivity contribution in [3.05, 3.63) is 48.3 Å². The van der Waals surface area contributed by atoms with Gasteiger partial charge in [-0.25, -0.2) is 4.39 Å². The summed E-state index contributed by atoms with van der Waals surface area (Å²) in [5.74, 6) is 0.300. The molecule has 0 atom stereocenters. The summed E-state index contributed by atoms with van der Waals surface area (Å²) in [6.07, 6.45) is 0. The van der Waals surface area contributed by atoms with Gasteiger partial charge >= 0.3 is 0 Å². The van der Waals surface area contributed by atoms with Crippen molar-refractivity contribution < 1.29 is 9.13 Å². The molecule has 90 valence electrons. The van der Waals surface area contributed by atoms with Crippen LogP contribution < -0.4 is 10.5 Å². The molecule has 0 aliphatic carbocycles. The second-order valence-electron chi connectivity index (χ2n) is 3.87. The van der Waals surface area contributed by atoms with Crippen molar-refractivity contribution in [2.75, 3.05) is 5.73 Å². The third-order valence-electron chi connectivity index (χ3n) is 2.52. The number of nitrogens with zero attached hydrogens (tertiary/aromatic N) is 1. The molecule has 0 aliphatic rings. The molecular formula is C13H10FN3O. The summed E-state index contributed by atoms with van der Waals surface area (Å²) in [5.41, 5.74) is 7.49. The highest BCUT2D eigenvalue weighted by Crippen LogP contribution is 2.22. The molecule has 0 radical (unpaired) electrons. The lowest BCUT2D eigenvalue weighted by atomic mass is 10.3. The zero-order chi connectivity index (χ0) is 12.5. The number of H-pyrrole nitrogens is 1. The van der Waals surface area contributed by atoms with Gasteiger partial charge in [-0.05, 0) is 42.5 Å². The number of nitrogen functional groups attached to an aromatic ring is 1. The Bertz CT molecular complexity index is 691. The second-order valence-corrected chi connectivity index (χ2v) is 3.87. The van der Waals surface area contributed by atoms with Gasteiger partial charge in [0.05, 0.1) is 11.0 Å². The van der Waals surface area contributed by atoms with E-state index in [0.717, 1.165) is 0 Å². The van der Waals surface area contributed by atoms with Crippen LogP contribution in [0.1, 0.15) is 0 Å². The molecule has 3 rings (SSSR count). The Morgan fingerprint density at radius 2 is 1.89 bits per heavy atom. The van der Waals surface area contributed by atoms with Crippen LogP contribution in [0, 0.1) is 5.82 Å². The SMILES string of the molecule is Nc1ccc(Oc2nc3ccc(F)cc3[nH]2)cc1. The van der Waals surface area contributed by atoms with Crippen LogP contribution in [-0.2, 0) is 0 Å². The number of aromatic nitrogens is 2. The number of imidazole rings is 1. The van der Waals surface area contributed by atoms with E-state index in [1.165, 1.54) is 12.1 Å². The van der Waals surface area contributed by atoms with Crippen LogP contribution in [0.5, 0.6) is 11.8 Å². The van der Waals surface area contributed by atoms with Crippen molar-refractivity contribution in [3.63, 3.8) is 0 Å². The van der Waals surface area contributed by atoms with Gasteiger partial charge < -0.3 is 15.5 Å². The number of anilines is 1. The summed E-state index contributed by atoms with van der Waals surface area (Å²) >= 11 is 0. The Labute approximate surface area is 102 Å². The summed E-state index contributed by atoms with van der Waals surface area (Å²) in [7, 11) is 0. The second kappa shape index (κ2) is 4.03. The van der Waals surface area contributed by atoms with E-state index in [1.807, 2.05) is 0 Å². The lowest BCUT2D eigenvalue weighted by molar-refractivity contribution is 0.449. The molecule has 0 spiro atoms. The number of hydrogen-bond donors (Lipinski definition) is 2. The molecule has 3 aromatic rings. The third-order valence-corrected chi connectivity index (χ3v) is 2.52. The predicted molar refractivity (Wildman–Crippen MR) is 67.0 cm³/mol. The molecule has 0 saturated heterocycles. The normalized spacial score (nSPS) is 10.7. The van der Waals surface area contributed by atoms with Crippen molar-refractivity contribution >= 4 is 16.7 Å². The standard InChI is InChI=1S/C13H10FN3O/c14-8-1-6-11-12(7-8)17-13(16-11)18-10-4-2-9(15)3-5-10/h1-7H,15H2,(H,16,17). The van der Waals surface area contributed by atoms with Gasteiger partial charge in [0.1, 0.15) is 11.6 Å². The average molecular weight is 243 g/mol. The number of fused-ring (bicyclic) bond motifs is 1. The Morgan fingerprint density at radius 1 is 1.11 bits per heavy atom. The Morgan fingerprint density at radius 3 is 2.67 bits per heavy atom. The van der Waals surface area contributed by atoms with E-state index < -0.39 is 0 Å². The van der Waals surface area contributed by atoms with Gasteiger partial charge in [-0.1, -0.05) is 0 Å². The molecule has 0 amide bonds. The molecule has 1 aromatic heterocycles. The lowest BCUT2D eigenvalue weighted by Crippen LogP contribution is -1.87. The molecule has 2 aromatic carbocycles. The average Bonchev–Trinajstić information content (AvgIpc) is 2.73. The highest BCUT2D eigenvalue weighted by molar-refractivity contribution is 5.75. The molecule has 0 fully saturated rings. The van der Waals surface area contributed by atoms with E-state index in [2.05, 4.69) is 9.97 Å². The van der Waals surface area contributed by atoms with Crippen molar-refractivity contribution in [2.24, 2.45) is 0 Å². The van der Waals surface area contributed by atoms with E-state index in [9.17, 15) is 4.39 Å². The quantitative estimate of drug-likeness (QED) is 0.680. The molecule has 1 heterocycles. The van der Waals surface area contributed by atoms with Gasteiger partial charge in [0.2, 0.25) is 0 Å². The van der Waals surface area contributed by atoms with E-state index in [-0.39, 0.29) is 5.82 Å². The first-order valence-corrected chi connectivity index (χ1v) is 5.39. The maximum atomic E-state index is 13.0. The van der Waals surface area contributed by atoms with Crippen LogP contribution in [0.4, 0.5) is 10.1 Å². The van der Waals surface area contributed by atoms with Gasteiger partial charge in [0, 0.05) is 5.69 Å². The number of nitrogens with two attached hydrogens (primary N) is 1. The Hall–Kier alpha value is -2.56.